The lowest BCUT2D eigenvalue weighted by Gasteiger charge is -2.14. The summed E-state index contributed by atoms with van der Waals surface area (Å²) in [5, 5.41) is 5.70. The average Bonchev–Trinajstić information content (AvgIpc) is 2.57. The van der Waals surface area contributed by atoms with Crippen LogP contribution in [0.3, 0.4) is 0 Å². The quantitative estimate of drug-likeness (QED) is 0.799. The van der Waals surface area contributed by atoms with Crippen molar-refractivity contribution in [2.24, 2.45) is 0 Å². The maximum absolute atomic E-state index is 12.1. The number of anilines is 1. The fourth-order valence-electron chi connectivity index (χ4n) is 2.20. The highest BCUT2D eigenvalue weighted by molar-refractivity contribution is 6.40. The number of carbonyl (C=O) groups is 2. The lowest BCUT2D eigenvalue weighted by atomic mass is 10.2. The van der Waals surface area contributed by atoms with E-state index in [-0.39, 0.29) is 12.6 Å². The van der Waals surface area contributed by atoms with Gasteiger partial charge in [0, 0.05) is 22.8 Å². The van der Waals surface area contributed by atoms with Gasteiger partial charge in [-0.25, -0.2) is 0 Å². The monoisotopic (exact) mass is 360 g/mol. The van der Waals surface area contributed by atoms with Gasteiger partial charge in [0.05, 0.1) is 6.10 Å². The lowest BCUT2D eigenvalue weighted by Crippen LogP contribution is -2.35. The summed E-state index contributed by atoms with van der Waals surface area (Å²) in [7, 11) is 0. The minimum absolute atomic E-state index is 0.0194. The molecule has 0 aliphatic heterocycles. The molecule has 2 aromatic rings. The van der Waals surface area contributed by atoms with Crippen molar-refractivity contribution in [1.29, 1.82) is 0 Å². The van der Waals surface area contributed by atoms with Crippen molar-refractivity contribution < 1.29 is 14.3 Å². The molecule has 6 heteroatoms. The Morgan fingerprint density at radius 3 is 2.52 bits per heavy atom. The minimum atomic E-state index is -0.743. The van der Waals surface area contributed by atoms with Crippen LogP contribution >= 0.6 is 11.6 Å². The Balaban J connectivity index is 1.98. The third-order valence-corrected chi connectivity index (χ3v) is 3.91. The van der Waals surface area contributed by atoms with Crippen LogP contribution in [-0.4, -0.2) is 17.9 Å². The van der Waals surface area contributed by atoms with Crippen LogP contribution in [0.5, 0.6) is 5.75 Å². The number of amides is 2. The molecule has 5 nitrogen and oxygen atoms in total. The number of ether oxygens (including phenoxy) is 1. The molecule has 0 atom stereocenters. The maximum atomic E-state index is 12.1. The van der Waals surface area contributed by atoms with Crippen molar-refractivity contribution in [2.45, 2.75) is 33.4 Å². The fourth-order valence-corrected chi connectivity index (χ4v) is 2.37. The lowest BCUT2D eigenvalue weighted by molar-refractivity contribution is -0.136. The Kier molecular flexibility index (Phi) is 6.42. The van der Waals surface area contributed by atoms with E-state index in [0.29, 0.717) is 22.0 Å². The number of para-hydroxylation sites is 1. The molecule has 132 valence electrons. The van der Waals surface area contributed by atoms with Gasteiger partial charge in [-0.15, -0.1) is 0 Å². The van der Waals surface area contributed by atoms with E-state index in [9.17, 15) is 9.59 Å². The van der Waals surface area contributed by atoms with E-state index >= 15 is 0 Å². The van der Waals surface area contributed by atoms with Gasteiger partial charge in [0.25, 0.3) is 0 Å². The summed E-state index contributed by atoms with van der Waals surface area (Å²) in [5.74, 6) is -0.782. The second kappa shape index (κ2) is 8.53. The van der Waals surface area contributed by atoms with Gasteiger partial charge < -0.3 is 15.4 Å². The third kappa shape index (κ3) is 5.22. The highest BCUT2D eigenvalue weighted by Crippen LogP contribution is 2.23. The number of nitrogens with one attached hydrogen (secondary N) is 2. The molecule has 0 fully saturated rings. The Morgan fingerprint density at radius 1 is 1.08 bits per heavy atom. The fraction of sp³-hybridized carbons (Fsp3) is 0.263. The molecule has 0 saturated carbocycles. The van der Waals surface area contributed by atoms with E-state index < -0.39 is 11.8 Å². The van der Waals surface area contributed by atoms with Gasteiger partial charge in [-0.1, -0.05) is 35.9 Å². The smallest absolute Gasteiger partial charge is 0.313 e. The van der Waals surface area contributed by atoms with Gasteiger partial charge in [-0.3, -0.25) is 9.59 Å². The van der Waals surface area contributed by atoms with Crippen molar-refractivity contribution in [3.8, 4) is 5.75 Å². The number of hydrogen-bond donors (Lipinski definition) is 2. The number of rotatable bonds is 5. The van der Waals surface area contributed by atoms with Crippen LogP contribution in [0.4, 0.5) is 5.69 Å². The zero-order chi connectivity index (χ0) is 18.4. The van der Waals surface area contributed by atoms with Crippen LogP contribution in [0.2, 0.25) is 5.02 Å². The normalized spacial score (nSPS) is 10.4. The molecule has 0 heterocycles. The largest absolute Gasteiger partial charge is 0.491 e. The van der Waals surface area contributed by atoms with E-state index in [1.807, 2.05) is 38.1 Å². The molecule has 0 spiro atoms. The number of hydrogen-bond acceptors (Lipinski definition) is 3. The molecule has 2 aromatic carbocycles. The summed E-state index contributed by atoms with van der Waals surface area (Å²) in [5.41, 5.74) is 2.02. The van der Waals surface area contributed by atoms with Crippen LogP contribution in [0, 0.1) is 6.92 Å². The van der Waals surface area contributed by atoms with Gasteiger partial charge in [-0.2, -0.15) is 0 Å². The Morgan fingerprint density at radius 2 is 1.80 bits per heavy atom. The Hall–Kier alpha value is -2.53. The summed E-state index contributed by atoms with van der Waals surface area (Å²) in [6.45, 7) is 5.82. The van der Waals surface area contributed by atoms with Crippen molar-refractivity contribution >= 4 is 29.1 Å². The molecule has 0 saturated heterocycles. The number of halogens is 1. The first kappa shape index (κ1) is 18.8. The molecule has 0 unspecified atom stereocenters. The van der Waals surface area contributed by atoms with E-state index in [0.717, 1.165) is 5.56 Å². The molecule has 0 aromatic heterocycles. The minimum Gasteiger partial charge on any atom is -0.491 e. The first-order valence-corrected chi connectivity index (χ1v) is 8.35. The number of benzene rings is 2. The zero-order valence-electron chi connectivity index (χ0n) is 14.4. The number of carbonyl (C=O) groups excluding carboxylic acids is 2. The van der Waals surface area contributed by atoms with Gasteiger partial charge >= 0.3 is 11.8 Å². The molecule has 0 bridgehead atoms. The molecule has 2 amide bonds. The first-order valence-electron chi connectivity index (χ1n) is 7.97. The van der Waals surface area contributed by atoms with Gasteiger partial charge in [0.15, 0.2) is 0 Å². The summed E-state index contributed by atoms with van der Waals surface area (Å²) >= 11 is 6.01. The summed E-state index contributed by atoms with van der Waals surface area (Å²) in [6, 6.07) is 12.5. The summed E-state index contributed by atoms with van der Waals surface area (Å²) in [4.78, 5) is 24.1. The Labute approximate surface area is 152 Å². The van der Waals surface area contributed by atoms with Gasteiger partial charge in [0.2, 0.25) is 0 Å². The second-order valence-electron chi connectivity index (χ2n) is 5.82. The van der Waals surface area contributed by atoms with Crippen molar-refractivity contribution in [3.63, 3.8) is 0 Å². The summed E-state index contributed by atoms with van der Waals surface area (Å²) < 4.78 is 5.70. The standard InChI is InChI=1S/C19H21ClN2O3/c1-12(2)25-17-10-5-4-7-14(17)11-21-18(23)19(24)22-16-9-6-8-15(20)13(16)3/h4-10,12H,11H2,1-3H3,(H,21,23)(H,22,24). The topological polar surface area (TPSA) is 67.4 Å². The highest BCUT2D eigenvalue weighted by atomic mass is 35.5. The van der Waals surface area contributed by atoms with Gasteiger partial charge in [0.1, 0.15) is 5.75 Å². The Bertz CT molecular complexity index is 775. The SMILES string of the molecule is Cc1c(Cl)cccc1NC(=O)C(=O)NCc1ccccc1OC(C)C. The molecule has 25 heavy (non-hydrogen) atoms. The highest BCUT2D eigenvalue weighted by Gasteiger charge is 2.16. The predicted octanol–water partition coefficient (Wildman–Crippen LogP) is 3.69. The molecular weight excluding hydrogens is 340 g/mol. The van der Waals surface area contributed by atoms with Crippen LogP contribution in [-0.2, 0) is 16.1 Å². The first-order chi connectivity index (χ1) is 11.9. The van der Waals surface area contributed by atoms with Crippen LogP contribution < -0.4 is 15.4 Å². The summed E-state index contributed by atoms with van der Waals surface area (Å²) in [6.07, 6.45) is 0.0194. The molecule has 2 N–H and O–H groups in total. The molecular formula is C19H21ClN2O3. The van der Waals surface area contributed by atoms with Crippen molar-refractivity contribution in [2.75, 3.05) is 5.32 Å². The average molecular weight is 361 g/mol. The van der Waals surface area contributed by atoms with E-state index in [4.69, 9.17) is 16.3 Å². The zero-order valence-corrected chi connectivity index (χ0v) is 15.2. The van der Waals surface area contributed by atoms with E-state index in [1.165, 1.54) is 0 Å². The maximum Gasteiger partial charge on any atom is 0.313 e. The second-order valence-corrected chi connectivity index (χ2v) is 6.23. The third-order valence-electron chi connectivity index (χ3n) is 3.50. The predicted molar refractivity (Wildman–Crippen MR) is 98.9 cm³/mol. The van der Waals surface area contributed by atoms with Crippen LogP contribution in [0.15, 0.2) is 42.5 Å². The van der Waals surface area contributed by atoms with Gasteiger partial charge in [-0.05, 0) is 44.5 Å². The van der Waals surface area contributed by atoms with E-state index in [1.54, 1.807) is 25.1 Å². The molecule has 0 aliphatic rings. The van der Waals surface area contributed by atoms with Crippen LogP contribution in [0.1, 0.15) is 25.0 Å². The van der Waals surface area contributed by atoms with Crippen molar-refractivity contribution in [1.82, 2.24) is 5.32 Å². The molecule has 0 aliphatic carbocycles. The van der Waals surface area contributed by atoms with Crippen molar-refractivity contribution in [3.05, 3.63) is 58.6 Å². The molecule has 0 radical (unpaired) electrons. The van der Waals surface area contributed by atoms with Crippen LogP contribution in [0.25, 0.3) is 0 Å². The van der Waals surface area contributed by atoms with E-state index in [2.05, 4.69) is 10.6 Å². The molecule has 2 rings (SSSR count).